The molecule has 0 spiro atoms. The zero-order chi connectivity index (χ0) is 21.9. The van der Waals surface area contributed by atoms with Crippen molar-refractivity contribution in [2.75, 3.05) is 65.7 Å². The Labute approximate surface area is 194 Å². The van der Waals surface area contributed by atoms with E-state index in [0.29, 0.717) is 6.61 Å². The first-order chi connectivity index (χ1) is 15.8. The number of benzene rings is 1. The number of morpholine rings is 1. The van der Waals surface area contributed by atoms with E-state index in [2.05, 4.69) is 58.4 Å². The average molecular weight is 441 g/mol. The Morgan fingerprint density at radius 3 is 2.09 bits per heavy atom. The smallest absolute Gasteiger partial charge is 0.191 e. The van der Waals surface area contributed by atoms with Crippen molar-refractivity contribution < 1.29 is 14.2 Å². The normalized spacial score (nSPS) is 25.1. The topological polar surface area (TPSA) is 34.2 Å². The summed E-state index contributed by atoms with van der Waals surface area (Å²) in [5.74, 6) is -0.634. The highest BCUT2D eigenvalue weighted by molar-refractivity contribution is 5.75. The molecule has 0 radical (unpaired) electrons. The van der Waals surface area contributed by atoms with E-state index in [0.717, 1.165) is 65.3 Å². The molecule has 0 aromatic heterocycles. The van der Waals surface area contributed by atoms with E-state index in [9.17, 15) is 0 Å². The minimum atomic E-state index is -0.634. The molecule has 0 bridgehead atoms. The second kappa shape index (κ2) is 12.7. The summed E-state index contributed by atoms with van der Waals surface area (Å²) in [5, 5.41) is 0. The van der Waals surface area contributed by atoms with Crippen LogP contribution in [-0.4, -0.2) is 81.3 Å². The number of nitrogens with zero attached hydrogens (tertiary/aromatic N) is 2. The van der Waals surface area contributed by atoms with Gasteiger partial charge in [-0.1, -0.05) is 48.9 Å². The van der Waals surface area contributed by atoms with Crippen LogP contribution in [0.25, 0.3) is 5.57 Å². The molecule has 32 heavy (non-hydrogen) atoms. The fourth-order valence-corrected chi connectivity index (χ4v) is 4.78. The van der Waals surface area contributed by atoms with E-state index >= 15 is 0 Å². The molecule has 176 valence electrons. The van der Waals surface area contributed by atoms with Crippen LogP contribution in [0.15, 0.2) is 48.6 Å². The molecule has 1 aliphatic carbocycles. The van der Waals surface area contributed by atoms with Gasteiger partial charge in [0.15, 0.2) is 5.79 Å². The van der Waals surface area contributed by atoms with Crippen molar-refractivity contribution in [2.24, 2.45) is 0 Å². The van der Waals surface area contributed by atoms with Crippen LogP contribution in [0.4, 0.5) is 0 Å². The number of piperidine rings is 1. The second-order valence-electron chi connectivity index (χ2n) is 9.14. The van der Waals surface area contributed by atoms with Crippen molar-refractivity contribution in [1.29, 1.82) is 0 Å². The van der Waals surface area contributed by atoms with Crippen LogP contribution in [0.5, 0.6) is 0 Å². The molecule has 1 aromatic carbocycles. The molecule has 2 aliphatic heterocycles. The third kappa shape index (κ3) is 7.26. The largest absolute Gasteiger partial charge is 0.379 e. The van der Waals surface area contributed by atoms with Gasteiger partial charge >= 0.3 is 0 Å². The molecule has 2 fully saturated rings. The summed E-state index contributed by atoms with van der Waals surface area (Å²) in [6, 6.07) is 10.6. The molecule has 0 amide bonds. The molecular formula is C27H40N2O3. The number of hydrogen-bond donors (Lipinski definition) is 0. The highest BCUT2D eigenvalue weighted by atomic mass is 16.7. The average Bonchev–Trinajstić information content (AvgIpc) is 2.87. The Kier molecular flexibility index (Phi) is 9.36. The summed E-state index contributed by atoms with van der Waals surface area (Å²) in [5.41, 5.74) is 2.49. The zero-order valence-electron chi connectivity index (χ0n) is 19.6. The monoisotopic (exact) mass is 440 g/mol. The van der Waals surface area contributed by atoms with Crippen LogP contribution < -0.4 is 0 Å². The summed E-state index contributed by atoms with van der Waals surface area (Å²) < 4.78 is 18.3. The van der Waals surface area contributed by atoms with Gasteiger partial charge in [0.25, 0.3) is 0 Å². The van der Waals surface area contributed by atoms with Crippen molar-refractivity contribution in [3.8, 4) is 0 Å². The summed E-state index contributed by atoms with van der Waals surface area (Å²) in [4.78, 5) is 5.04. The first kappa shape index (κ1) is 23.7. The molecular weight excluding hydrogens is 400 g/mol. The van der Waals surface area contributed by atoms with Crippen LogP contribution in [0.3, 0.4) is 0 Å². The van der Waals surface area contributed by atoms with E-state index in [1.807, 2.05) is 0 Å². The SMILES string of the molecule is C1=CC(OCCCN2CCCCC2)(OCCCN2CCOCC2)CC=C1c1ccccc1. The Morgan fingerprint density at radius 1 is 0.812 bits per heavy atom. The maximum absolute atomic E-state index is 6.42. The van der Waals surface area contributed by atoms with Crippen molar-refractivity contribution in [1.82, 2.24) is 9.80 Å². The quantitative estimate of drug-likeness (QED) is 0.377. The maximum Gasteiger partial charge on any atom is 0.191 e. The van der Waals surface area contributed by atoms with Gasteiger partial charge in [0.1, 0.15) is 0 Å². The highest BCUT2D eigenvalue weighted by Crippen LogP contribution is 2.31. The minimum Gasteiger partial charge on any atom is -0.379 e. The predicted molar refractivity (Wildman–Crippen MR) is 130 cm³/mol. The molecule has 1 aromatic rings. The lowest BCUT2D eigenvalue weighted by Crippen LogP contribution is -2.39. The lowest BCUT2D eigenvalue weighted by atomic mass is 9.96. The number of likely N-dealkylation sites (tertiary alicyclic amines) is 1. The predicted octanol–water partition coefficient (Wildman–Crippen LogP) is 4.36. The van der Waals surface area contributed by atoms with E-state index in [1.165, 1.54) is 43.5 Å². The van der Waals surface area contributed by atoms with Crippen LogP contribution in [0.1, 0.15) is 44.1 Å². The number of allylic oxidation sites excluding steroid dienone is 2. The van der Waals surface area contributed by atoms with Gasteiger partial charge in [0, 0.05) is 32.6 Å². The standard InChI is InChI=1S/C27H40N2O3/c1-3-9-25(10-4-1)26-11-13-27(14-12-26,31-21-7-17-28-15-5-2-6-16-28)32-22-8-18-29-19-23-30-24-20-29/h1,3-4,9-13H,2,5-8,14-24H2. The van der Waals surface area contributed by atoms with Gasteiger partial charge in [-0.05, 0) is 56.0 Å². The van der Waals surface area contributed by atoms with E-state index < -0.39 is 5.79 Å². The molecule has 5 heteroatoms. The van der Waals surface area contributed by atoms with E-state index in [4.69, 9.17) is 14.2 Å². The van der Waals surface area contributed by atoms with Gasteiger partial charge in [-0.2, -0.15) is 0 Å². The summed E-state index contributed by atoms with van der Waals surface area (Å²) in [6.07, 6.45) is 13.5. The molecule has 2 saturated heterocycles. The van der Waals surface area contributed by atoms with Gasteiger partial charge in [-0.3, -0.25) is 4.90 Å². The van der Waals surface area contributed by atoms with Crippen molar-refractivity contribution in [3.63, 3.8) is 0 Å². The zero-order valence-corrected chi connectivity index (χ0v) is 19.6. The first-order valence-corrected chi connectivity index (χ1v) is 12.6. The third-order valence-corrected chi connectivity index (χ3v) is 6.71. The Hall–Kier alpha value is -1.50. The Balaban J connectivity index is 1.28. The first-order valence-electron chi connectivity index (χ1n) is 12.6. The Bertz CT molecular complexity index is 696. The van der Waals surface area contributed by atoms with Crippen LogP contribution in [-0.2, 0) is 14.2 Å². The fourth-order valence-electron chi connectivity index (χ4n) is 4.78. The number of rotatable bonds is 11. The molecule has 5 nitrogen and oxygen atoms in total. The van der Waals surface area contributed by atoms with Crippen LogP contribution in [0.2, 0.25) is 0 Å². The van der Waals surface area contributed by atoms with Crippen molar-refractivity contribution in [2.45, 2.75) is 44.3 Å². The summed E-state index contributed by atoms with van der Waals surface area (Å²) in [6.45, 7) is 9.87. The van der Waals surface area contributed by atoms with Gasteiger partial charge in [0.05, 0.1) is 26.4 Å². The Morgan fingerprint density at radius 2 is 1.47 bits per heavy atom. The summed E-state index contributed by atoms with van der Waals surface area (Å²) in [7, 11) is 0. The maximum atomic E-state index is 6.42. The number of ether oxygens (including phenoxy) is 3. The molecule has 4 rings (SSSR count). The molecule has 1 unspecified atom stereocenters. The van der Waals surface area contributed by atoms with Crippen molar-refractivity contribution >= 4 is 5.57 Å². The minimum absolute atomic E-state index is 0.634. The second-order valence-corrected chi connectivity index (χ2v) is 9.14. The molecule has 0 N–H and O–H groups in total. The van der Waals surface area contributed by atoms with Gasteiger partial charge in [-0.25, -0.2) is 0 Å². The lowest BCUT2D eigenvalue weighted by Gasteiger charge is -2.34. The van der Waals surface area contributed by atoms with Crippen LogP contribution >= 0.6 is 0 Å². The molecule has 2 heterocycles. The number of hydrogen-bond acceptors (Lipinski definition) is 5. The van der Waals surface area contributed by atoms with Crippen LogP contribution in [0, 0.1) is 0 Å². The fraction of sp³-hybridized carbons (Fsp3) is 0.630. The van der Waals surface area contributed by atoms with Crippen molar-refractivity contribution in [3.05, 3.63) is 54.1 Å². The highest BCUT2D eigenvalue weighted by Gasteiger charge is 2.30. The third-order valence-electron chi connectivity index (χ3n) is 6.71. The molecule has 1 atom stereocenters. The lowest BCUT2D eigenvalue weighted by molar-refractivity contribution is -0.204. The molecule has 0 saturated carbocycles. The van der Waals surface area contributed by atoms with Gasteiger partial charge in [-0.15, -0.1) is 0 Å². The van der Waals surface area contributed by atoms with E-state index in [1.54, 1.807) is 0 Å². The molecule has 3 aliphatic rings. The van der Waals surface area contributed by atoms with Gasteiger partial charge < -0.3 is 19.1 Å². The van der Waals surface area contributed by atoms with Gasteiger partial charge in [0.2, 0.25) is 0 Å². The van der Waals surface area contributed by atoms with E-state index in [-0.39, 0.29) is 0 Å². The summed E-state index contributed by atoms with van der Waals surface area (Å²) >= 11 is 0.